The Balaban J connectivity index is 2.04. The van der Waals surface area contributed by atoms with E-state index in [-0.39, 0.29) is 0 Å². The molecule has 0 aromatic carbocycles. The van der Waals surface area contributed by atoms with Gasteiger partial charge in [0.15, 0.2) is 0 Å². The van der Waals surface area contributed by atoms with Gasteiger partial charge in [0.2, 0.25) is 0 Å². The fourth-order valence-electron chi connectivity index (χ4n) is 1.66. The molecule has 2 heterocycles. The summed E-state index contributed by atoms with van der Waals surface area (Å²) >= 11 is 0. The van der Waals surface area contributed by atoms with Gasteiger partial charge in [-0.1, -0.05) is 5.21 Å². The van der Waals surface area contributed by atoms with E-state index >= 15 is 0 Å². The molecule has 1 fully saturated rings. The number of aromatic nitrogens is 3. The largest absolute Gasteiger partial charge is 0.313 e. The molecule has 1 N–H and O–H groups in total. The van der Waals surface area contributed by atoms with Crippen LogP contribution in [-0.4, -0.2) is 33.8 Å². The zero-order chi connectivity index (χ0) is 9.31. The molecule has 13 heavy (non-hydrogen) atoms. The van der Waals surface area contributed by atoms with Crippen LogP contribution in [0.5, 0.6) is 0 Å². The highest BCUT2D eigenvalue weighted by molar-refractivity contribution is 5.02. The molecule has 1 aromatic heterocycles. The van der Waals surface area contributed by atoms with Gasteiger partial charge in [-0.2, -0.15) is 0 Å². The highest BCUT2D eigenvalue weighted by atomic mass is 19.1. The van der Waals surface area contributed by atoms with Gasteiger partial charge < -0.3 is 5.32 Å². The summed E-state index contributed by atoms with van der Waals surface area (Å²) in [5.74, 6) is 0. The van der Waals surface area contributed by atoms with Gasteiger partial charge in [0.1, 0.15) is 5.67 Å². The molecule has 0 radical (unpaired) electrons. The molecule has 1 saturated heterocycles. The van der Waals surface area contributed by atoms with Gasteiger partial charge in [-0.15, -0.1) is 5.10 Å². The van der Waals surface area contributed by atoms with Gasteiger partial charge in [-0.25, -0.2) is 4.39 Å². The van der Waals surface area contributed by atoms with Crippen LogP contribution >= 0.6 is 0 Å². The maximum Gasteiger partial charge on any atom is 0.130 e. The lowest BCUT2D eigenvalue weighted by molar-refractivity contribution is 0.189. The van der Waals surface area contributed by atoms with Crippen LogP contribution in [-0.2, 0) is 13.5 Å². The standard InChI is InChI=1S/C8H13FN4/c1-13-5-7(11-12-13)4-8(9)2-3-10-6-8/h5,10H,2-4,6H2,1H3. The van der Waals surface area contributed by atoms with Crippen LogP contribution in [0.3, 0.4) is 0 Å². The van der Waals surface area contributed by atoms with Crippen molar-refractivity contribution in [2.24, 2.45) is 7.05 Å². The average Bonchev–Trinajstić information content (AvgIpc) is 2.62. The number of hydrogen-bond acceptors (Lipinski definition) is 3. The Morgan fingerprint density at radius 1 is 1.77 bits per heavy atom. The maximum atomic E-state index is 13.9. The molecule has 4 nitrogen and oxygen atoms in total. The third kappa shape index (κ3) is 1.85. The molecule has 1 unspecified atom stereocenters. The Labute approximate surface area is 76.1 Å². The first-order valence-electron chi connectivity index (χ1n) is 4.43. The zero-order valence-corrected chi connectivity index (χ0v) is 7.63. The molecule has 1 aliphatic heterocycles. The summed E-state index contributed by atoms with van der Waals surface area (Å²) in [6.07, 6.45) is 2.71. The zero-order valence-electron chi connectivity index (χ0n) is 7.63. The summed E-state index contributed by atoms with van der Waals surface area (Å²) in [4.78, 5) is 0. The van der Waals surface area contributed by atoms with E-state index in [2.05, 4.69) is 15.6 Å². The Morgan fingerprint density at radius 2 is 2.62 bits per heavy atom. The number of aryl methyl sites for hydroxylation is 1. The van der Waals surface area contributed by atoms with Crippen LogP contribution in [0, 0.1) is 0 Å². The normalized spacial score (nSPS) is 28.2. The first-order valence-corrected chi connectivity index (χ1v) is 4.43. The lowest BCUT2D eigenvalue weighted by Gasteiger charge is -2.15. The Bertz CT molecular complexity index is 290. The van der Waals surface area contributed by atoms with E-state index in [9.17, 15) is 4.39 Å². The second-order valence-corrected chi connectivity index (χ2v) is 3.64. The Morgan fingerprint density at radius 3 is 3.15 bits per heavy atom. The second-order valence-electron chi connectivity index (χ2n) is 3.64. The van der Waals surface area contributed by atoms with Crippen molar-refractivity contribution in [3.05, 3.63) is 11.9 Å². The van der Waals surface area contributed by atoms with Crippen LogP contribution in [0.25, 0.3) is 0 Å². The van der Waals surface area contributed by atoms with Gasteiger partial charge in [0.25, 0.3) is 0 Å². The number of alkyl halides is 1. The third-order valence-corrected chi connectivity index (χ3v) is 2.34. The minimum atomic E-state index is -1.12. The molecule has 0 bridgehead atoms. The molecule has 1 aliphatic rings. The monoisotopic (exact) mass is 184 g/mol. The summed E-state index contributed by atoms with van der Waals surface area (Å²) in [6.45, 7) is 1.19. The fourth-order valence-corrected chi connectivity index (χ4v) is 1.66. The van der Waals surface area contributed by atoms with E-state index in [1.807, 2.05) is 0 Å². The van der Waals surface area contributed by atoms with Crippen LogP contribution in [0.1, 0.15) is 12.1 Å². The number of rotatable bonds is 2. The Kier molecular flexibility index (Phi) is 2.03. The number of hydrogen-bond donors (Lipinski definition) is 1. The molecule has 0 spiro atoms. The lowest BCUT2D eigenvalue weighted by Crippen LogP contribution is -2.28. The predicted molar refractivity (Wildman–Crippen MR) is 46.0 cm³/mol. The molecule has 1 atom stereocenters. The molecule has 2 rings (SSSR count). The molecule has 1 aromatic rings. The summed E-state index contributed by atoms with van der Waals surface area (Å²) in [5.41, 5.74) is -0.385. The average molecular weight is 184 g/mol. The molecule has 0 amide bonds. The van der Waals surface area contributed by atoms with E-state index in [1.54, 1.807) is 17.9 Å². The van der Waals surface area contributed by atoms with Crippen LogP contribution in [0.2, 0.25) is 0 Å². The minimum Gasteiger partial charge on any atom is -0.313 e. The fraction of sp³-hybridized carbons (Fsp3) is 0.750. The van der Waals surface area contributed by atoms with E-state index < -0.39 is 5.67 Å². The number of nitrogens with zero attached hydrogens (tertiary/aromatic N) is 3. The van der Waals surface area contributed by atoms with Crippen molar-refractivity contribution in [2.45, 2.75) is 18.5 Å². The summed E-state index contributed by atoms with van der Waals surface area (Å²) in [7, 11) is 1.79. The highest BCUT2D eigenvalue weighted by Gasteiger charge is 2.34. The first kappa shape index (κ1) is 8.62. The predicted octanol–water partition coefficient (Wildman–Crippen LogP) is 0.0592. The van der Waals surface area contributed by atoms with Gasteiger partial charge in [-0.3, -0.25) is 4.68 Å². The van der Waals surface area contributed by atoms with Crippen molar-refractivity contribution < 1.29 is 4.39 Å². The van der Waals surface area contributed by atoms with Gasteiger partial charge in [0.05, 0.1) is 5.69 Å². The Hall–Kier alpha value is -0.970. The molecule has 72 valence electrons. The third-order valence-electron chi connectivity index (χ3n) is 2.34. The van der Waals surface area contributed by atoms with Crippen LogP contribution in [0.4, 0.5) is 4.39 Å². The van der Waals surface area contributed by atoms with Crippen molar-refractivity contribution in [3.63, 3.8) is 0 Å². The van der Waals surface area contributed by atoms with Crippen molar-refractivity contribution in [3.8, 4) is 0 Å². The van der Waals surface area contributed by atoms with E-state index in [0.29, 0.717) is 19.4 Å². The van der Waals surface area contributed by atoms with Gasteiger partial charge in [0, 0.05) is 26.2 Å². The topological polar surface area (TPSA) is 42.7 Å². The van der Waals surface area contributed by atoms with Crippen LogP contribution < -0.4 is 5.32 Å². The molecule has 5 heteroatoms. The molecular weight excluding hydrogens is 171 g/mol. The summed E-state index contributed by atoms with van der Waals surface area (Å²) in [6, 6.07) is 0. The lowest BCUT2D eigenvalue weighted by atomic mass is 9.99. The van der Waals surface area contributed by atoms with Crippen molar-refractivity contribution in [1.82, 2.24) is 20.3 Å². The number of nitrogens with one attached hydrogen (secondary N) is 1. The van der Waals surface area contributed by atoms with E-state index in [0.717, 1.165) is 12.2 Å². The quantitative estimate of drug-likeness (QED) is 0.706. The summed E-state index contributed by atoms with van der Waals surface area (Å²) < 4.78 is 15.5. The van der Waals surface area contributed by atoms with Crippen molar-refractivity contribution in [2.75, 3.05) is 13.1 Å². The highest BCUT2D eigenvalue weighted by Crippen LogP contribution is 2.23. The molecule has 0 saturated carbocycles. The molecular formula is C8H13FN4. The number of halogens is 1. The van der Waals surface area contributed by atoms with Gasteiger partial charge >= 0.3 is 0 Å². The first-order chi connectivity index (χ1) is 6.18. The van der Waals surface area contributed by atoms with Crippen molar-refractivity contribution in [1.29, 1.82) is 0 Å². The van der Waals surface area contributed by atoms with Crippen molar-refractivity contribution >= 4 is 0 Å². The maximum absolute atomic E-state index is 13.9. The van der Waals surface area contributed by atoms with Gasteiger partial charge in [-0.05, 0) is 13.0 Å². The second kappa shape index (κ2) is 3.06. The SMILES string of the molecule is Cn1cc(CC2(F)CCNC2)nn1. The minimum absolute atomic E-state index is 0.369. The smallest absolute Gasteiger partial charge is 0.130 e. The van der Waals surface area contributed by atoms with E-state index in [1.165, 1.54) is 0 Å². The molecule has 0 aliphatic carbocycles. The summed E-state index contributed by atoms with van der Waals surface area (Å²) in [5, 5.41) is 10.6. The van der Waals surface area contributed by atoms with Crippen LogP contribution in [0.15, 0.2) is 6.20 Å². The van der Waals surface area contributed by atoms with E-state index in [4.69, 9.17) is 0 Å².